The molecule has 138 valence electrons. The molecule has 0 saturated carbocycles. The van der Waals surface area contributed by atoms with E-state index in [-0.39, 0.29) is 17.6 Å². The summed E-state index contributed by atoms with van der Waals surface area (Å²) in [6.07, 6.45) is 6.30. The van der Waals surface area contributed by atoms with Crippen molar-refractivity contribution in [3.05, 3.63) is 0 Å². The molecule has 0 rings (SSSR count). The monoisotopic (exact) mass is 352 g/mol. The molecule has 0 aromatic carbocycles. The maximum Gasteiger partial charge on any atom is 0.319 e. The predicted molar refractivity (Wildman–Crippen MR) is 95.3 cm³/mol. The summed E-state index contributed by atoms with van der Waals surface area (Å²) in [5.41, 5.74) is 0. The summed E-state index contributed by atoms with van der Waals surface area (Å²) in [5, 5.41) is -0.104. The zero-order valence-electron chi connectivity index (χ0n) is 15.2. The molecule has 0 aromatic heterocycles. The first-order valence-corrected chi connectivity index (χ1v) is 9.97. The van der Waals surface area contributed by atoms with E-state index in [1.54, 1.807) is 11.8 Å². The molecule has 0 fully saturated rings. The van der Waals surface area contributed by atoms with Gasteiger partial charge in [0.1, 0.15) is 5.25 Å². The molecule has 0 aromatic rings. The fraction of sp³-hybridized carbons (Fsp3) is 0.944. The molecule has 0 heterocycles. The molecule has 0 saturated heterocycles. The minimum atomic E-state index is -2.56. The van der Waals surface area contributed by atoms with Gasteiger partial charge in [-0.15, -0.1) is 11.8 Å². The van der Waals surface area contributed by atoms with Crippen LogP contribution >= 0.6 is 11.8 Å². The van der Waals surface area contributed by atoms with Crippen molar-refractivity contribution < 1.29 is 18.3 Å². The Labute approximate surface area is 145 Å². The van der Waals surface area contributed by atoms with Gasteiger partial charge in [0.05, 0.1) is 6.61 Å². The third-order valence-electron chi connectivity index (χ3n) is 3.47. The van der Waals surface area contributed by atoms with Crippen LogP contribution in [-0.4, -0.2) is 29.5 Å². The lowest BCUT2D eigenvalue weighted by Gasteiger charge is -2.17. The smallest absolute Gasteiger partial charge is 0.319 e. The molecule has 0 aliphatic carbocycles. The minimum absolute atomic E-state index is 0.0476. The second-order valence-electron chi connectivity index (χ2n) is 6.76. The Hall–Kier alpha value is -0.320. The third kappa shape index (κ3) is 15.0. The van der Waals surface area contributed by atoms with Gasteiger partial charge in [0.2, 0.25) is 5.92 Å². The van der Waals surface area contributed by atoms with Crippen LogP contribution in [0.4, 0.5) is 8.78 Å². The predicted octanol–water partition coefficient (Wildman–Crippen LogP) is 6.08. The number of hydrogen-bond donors (Lipinski definition) is 0. The quantitative estimate of drug-likeness (QED) is 0.280. The molecule has 0 amide bonds. The van der Waals surface area contributed by atoms with Gasteiger partial charge in [0, 0.05) is 6.42 Å². The topological polar surface area (TPSA) is 26.3 Å². The van der Waals surface area contributed by atoms with Gasteiger partial charge in [-0.1, -0.05) is 46.5 Å². The molecule has 0 spiro atoms. The molecular weight excluding hydrogens is 318 g/mol. The van der Waals surface area contributed by atoms with Crippen LogP contribution in [0.2, 0.25) is 0 Å². The molecule has 23 heavy (non-hydrogen) atoms. The number of carbonyl (C=O) groups excluding carboxylic acids is 1. The lowest BCUT2D eigenvalue weighted by molar-refractivity contribution is -0.144. The number of thioether (sulfide) groups is 1. The van der Waals surface area contributed by atoms with Crippen molar-refractivity contribution in [2.24, 2.45) is 5.92 Å². The summed E-state index contributed by atoms with van der Waals surface area (Å²) in [6, 6.07) is 0. The van der Waals surface area contributed by atoms with Gasteiger partial charge in [-0.3, -0.25) is 4.79 Å². The zero-order valence-corrected chi connectivity index (χ0v) is 16.0. The number of alkyl halides is 2. The summed E-state index contributed by atoms with van der Waals surface area (Å²) < 4.78 is 30.8. The highest BCUT2D eigenvalue weighted by atomic mass is 32.2. The molecule has 5 heteroatoms. The van der Waals surface area contributed by atoms with E-state index in [0.29, 0.717) is 18.9 Å². The van der Waals surface area contributed by atoms with Crippen LogP contribution in [0.25, 0.3) is 0 Å². The maximum atomic E-state index is 12.7. The number of carbonyl (C=O) groups is 1. The summed E-state index contributed by atoms with van der Waals surface area (Å²) in [4.78, 5) is 12.2. The van der Waals surface area contributed by atoms with Crippen molar-refractivity contribution >= 4 is 17.7 Å². The summed E-state index contributed by atoms with van der Waals surface area (Å²) in [6.45, 7) is 7.63. The minimum Gasteiger partial charge on any atom is -0.465 e. The maximum absolute atomic E-state index is 12.7. The SMILES string of the molecule is CCCCCC(SCCCCCC(C)(F)F)C(=O)OCC(C)C. The Kier molecular flexibility index (Phi) is 12.8. The van der Waals surface area contributed by atoms with Crippen molar-refractivity contribution in [3.63, 3.8) is 0 Å². The first-order chi connectivity index (χ1) is 10.8. The molecule has 1 atom stereocenters. The van der Waals surface area contributed by atoms with E-state index in [9.17, 15) is 13.6 Å². The van der Waals surface area contributed by atoms with Crippen molar-refractivity contribution in [2.45, 2.75) is 90.2 Å². The number of hydrogen-bond acceptors (Lipinski definition) is 3. The van der Waals surface area contributed by atoms with E-state index < -0.39 is 5.92 Å². The van der Waals surface area contributed by atoms with E-state index in [1.807, 2.05) is 13.8 Å². The Morgan fingerprint density at radius 2 is 1.83 bits per heavy atom. The molecular formula is C18H34F2O2S. The Morgan fingerprint density at radius 1 is 1.13 bits per heavy atom. The normalized spacial score (nSPS) is 13.3. The highest BCUT2D eigenvalue weighted by Crippen LogP contribution is 2.24. The van der Waals surface area contributed by atoms with Gasteiger partial charge in [-0.05, 0) is 37.9 Å². The van der Waals surface area contributed by atoms with Crippen molar-refractivity contribution in [1.82, 2.24) is 0 Å². The fourth-order valence-corrected chi connectivity index (χ4v) is 3.32. The van der Waals surface area contributed by atoms with E-state index in [2.05, 4.69) is 6.92 Å². The molecule has 1 unspecified atom stereocenters. The van der Waals surface area contributed by atoms with E-state index in [0.717, 1.165) is 51.2 Å². The number of unbranched alkanes of at least 4 members (excludes halogenated alkanes) is 4. The Balaban J connectivity index is 4.02. The Morgan fingerprint density at radius 3 is 2.39 bits per heavy atom. The van der Waals surface area contributed by atoms with Gasteiger partial charge in [-0.2, -0.15) is 0 Å². The van der Waals surface area contributed by atoms with Gasteiger partial charge in [0.15, 0.2) is 0 Å². The summed E-state index contributed by atoms with van der Waals surface area (Å²) in [7, 11) is 0. The first kappa shape index (κ1) is 22.7. The van der Waals surface area contributed by atoms with Crippen LogP contribution in [0, 0.1) is 5.92 Å². The van der Waals surface area contributed by atoms with E-state index in [1.165, 1.54) is 0 Å². The average molecular weight is 353 g/mol. The van der Waals surface area contributed by atoms with Gasteiger partial charge in [0.25, 0.3) is 0 Å². The van der Waals surface area contributed by atoms with Gasteiger partial charge >= 0.3 is 5.97 Å². The van der Waals surface area contributed by atoms with Crippen molar-refractivity contribution in [1.29, 1.82) is 0 Å². The second-order valence-corrected chi connectivity index (χ2v) is 8.07. The third-order valence-corrected chi connectivity index (χ3v) is 4.83. The molecule has 0 bridgehead atoms. The largest absolute Gasteiger partial charge is 0.465 e. The first-order valence-electron chi connectivity index (χ1n) is 8.92. The van der Waals surface area contributed by atoms with Crippen LogP contribution in [0.5, 0.6) is 0 Å². The lowest BCUT2D eigenvalue weighted by atomic mass is 10.1. The van der Waals surface area contributed by atoms with Crippen LogP contribution in [-0.2, 0) is 9.53 Å². The highest BCUT2D eigenvalue weighted by Gasteiger charge is 2.21. The molecule has 0 aliphatic rings. The highest BCUT2D eigenvalue weighted by molar-refractivity contribution is 8.00. The average Bonchev–Trinajstić information content (AvgIpc) is 2.45. The molecule has 2 nitrogen and oxygen atoms in total. The summed E-state index contributed by atoms with van der Waals surface area (Å²) >= 11 is 1.63. The van der Waals surface area contributed by atoms with Crippen molar-refractivity contribution in [3.8, 4) is 0 Å². The number of rotatable bonds is 14. The van der Waals surface area contributed by atoms with Crippen LogP contribution in [0.1, 0.15) is 79.1 Å². The lowest BCUT2D eigenvalue weighted by Crippen LogP contribution is -2.22. The second kappa shape index (κ2) is 13.0. The molecule has 0 N–H and O–H groups in total. The Bertz CT molecular complexity index is 304. The van der Waals surface area contributed by atoms with Crippen LogP contribution < -0.4 is 0 Å². The number of halogens is 2. The standard InChI is InChI=1S/C18H34F2O2S/c1-5-6-8-11-16(17(21)22-14-15(2)3)23-13-10-7-9-12-18(4,19)20/h15-16H,5-14H2,1-4H3. The van der Waals surface area contributed by atoms with E-state index >= 15 is 0 Å². The number of esters is 1. The summed E-state index contributed by atoms with van der Waals surface area (Å²) in [5.74, 6) is -1.49. The molecule has 0 aliphatic heterocycles. The van der Waals surface area contributed by atoms with Crippen LogP contribution in [0.3, 0.4) is 0 Å². The van der Waals surface area contributed by atoms with Gasteiger partial charge < -0.3 is 4.74 Å². The molecule has 0 radical (unpaired) electrons. The van der Waals surface area contributed by atoms with Crippen LogP contribution in [0.15, 0.2) is 0 Å². The van der Waals surface area contributed by atoms with Crippen molar-refractivity contribution in [2.75, 3.05) is 12.4 Å². The zero-order chi connectivity index (χ0) is 17.7. The van der Waals surface area contributed by atoms with Gasteiger partial charge in [-0.25, -0.2) is 8.78 Å². The number of ether oxygens (including phenoxy) is 1. The fourth-order valence-electron chi connectivity index (χ4n) is 2.13. The van der Waals surface area contributed by atoms with E-state index in [4.69, 9.17) is 4.74 Å².